The summed E-state index contributed by atoms with van der Waals surface area (Å²) in [5, 5.41) is 0.975. The molecule has 0 bridgehead atoms. The molecule has 0 aliphatic carbocycles. The first kappa shape index (κ1) is 15.8. The Morgan fingerprint density at radius 1 is 1.17 bits per heavy atom. The maximum absolute atomic E-state index is 13.2. The van der Waals surface area contributed by atoms with E-state index in [1.165, 1.54) is 28.5 Å². The molecule has 0 radical (unpaired) electrons. The van der Waals surface area contributed by atoms with Gasteiger partial charge in [0.15, 0.2) is 5.03 Å². The standard InChI is InChI=1S/C17H12ClFN2OS/c18-13-4-6-15(7-5-13)21-9-8-20-16(17(21)22)23-11-12-2-1-3-14(19)10-12/h1-10H,11H2. The van der Waals surface area contributed by atoms with E-state index in [9.17, 15) is 9.18 Å². The van der Waals surface area contributed by atoms with Crippen molar-refractivity contribution in [1.82, 2.24) is 9.55 Å². The van der Waals surface area contributed by atoms with Gasteiger partial charge in [0.05, 0.1) is 0 Å². The molecule has 0 saturated carbocycles. The van der Waals surface area contributed by atoms with Gasteiger partial charge in [-0.05, 0) is 42.0 Å². The van der Waals surface area contributed by atoms with Crippen molar-refractivity contribution >= 4 is 23.4 Å². The molecule has 0 saturated heterocycles. The van der Waals surface area contributed by atoms with Crippen LogP contribution in [0.2, 0.25) is 5.02 Å². The van der Waals surface area contributed by atoms with Crippen LogP contribution in [0.4, 0.5) is 4.39 Å². The van der Waals surface area contributed by atoms with E-state index in [-0.39, 0.29) is 11.4 Å². The predicted octanol–water partition coefficient (Wildman–Crippen LogP) is 4.32. The Kier molecular flexibility index (Phi) is 4.79. The molecule has 2 aromatic carbocycles. The number of halogens is 2. The smallest absolute Gasteiger partial charge is 0.280 e. The third kappa shape index (κ3) is 3.81. The fraction of sp³-hybridized carbons (Fsp3) is 0.0588. The lowest BCUT2D eigenvalue weighted by atomic mass is 10.2. The van der Waals surface area contributed by atoms with Crippen LogP contribution in [-0.4, -0.2) is 9.55 Å². The van der Waals surface area contributed by atoms with Gasteiger partial charge in [-0.3, -0.25) is 9.36 Å². The Labute approximate surface area is 141 Å². The van der Waals surface area contributed by atoms with Gasteiger partial charge >= 0.3 is 0 Å². The maximum Gasteiger partial charge on any atom is 0.287 e. The van der Waals surface area contributed by atoms with Crippen molar-refractivity contribution in [3.8, 4) is 5.69 Å². The Balaban J connectivity index is 1.85. The normalized spacial score (nSPS) is 10.7. The SMILES string of the molecule is O=c1c(SCc2cccc(F)c2)nccn1-c1ccc(Cl)cc1. The molecule has 116 valence electrons. The molecule has 0 amide bonds. The highest BCUT2D eigenvalue weighted by Crippen LogP contribution is 2.19. The lowest BCUT2D eigenvalue weighted by Gasteiger charge is -2.07. The van der Waals surface area contributed by atoms with Gasteiger partial charge in [0, 0.05) is 28.9 Å². The average Bonchev–Trinajstić information content (AvgIpc) is 2.55. The second kappa shape index (κ2) is 6.98. The van der Waals surface area contributed by atoms with Crippen LogP contribution in [0.3, 0.4) is 0 Å². The molecule has 1 aromatic heterocycles. The highest BCUT2D eigenvalue weighted by Gasteiger charge is 2.08. The summed E-state index contributed by atoms with van der Waals surface area (Å²) in [5.41, 5.74) is 1.31. The molecule has 0 spiro atoms. The van der Waals surface area contributed by atoms with Crippen molar-refractivity contribution in [3.05, 3.63) is 87.7 Å². The van der Waals surface area contributed by atoms with Crippen molar-refractivity contribution in [1.29, 1.82) is 0 Å². The molecule has 0 atom stereocenters. The third-order valence-electron chi connectivity index (χ3n) is 3.18. The first-order valence-electron chi connectivity index (χ1n) is 6.84. The zero-order valence-electron chi connectivity index (χ0n) is 11.9. The Hall–Kier alpha value is -2.11. The van der Waals surface area contributed by atoms with Gasteiger partial charge in [-0.25, -0.2) is 9.37 Å². The van der Waals surface area contributed by atoms with Crippen molar-refractivity contribution < 1.29 is 4.39 Å². The molecule has 0 aliphatic rings. The fourth-order valence-electron chi connectivity index (χ4n) is 2.08. The summed E-state index contributed by atoms with van der Waals surface area (Å²) in [7, 11) is 0. The topological polar surface area (TPSA) is 34.9 Å². The number of thioether (sulfide) groups is 1. The largest absolute Gasteiger partial charge is 0.287 e. The first-order valence-corrected chi connectivity index (χ1v) is 8.21. The van der Waals surface area contributed by atoms with Gasteiger partial charge in [0.1, 0.15) is 5.82 Å². The summed E-state index contributed by atoms with van der Waals surface area (Å²) in [6.45, 7) is 0. The maximum atomic E-state index is 13.2. The van der Waals surface area contributed by atoms with Crippen LogP contribution >= 0.6 is 23.4 Å². The number of hydrogen-bond acceptors (Lipinski definition) is 3. The van der Waals surface area contributed by atoms with Gasteiger partial charge in [-0.1, -0.05) is 35.5 Å². The van der Waals surface area contributed by atoms with Crippen molar-refractivity contribution in [2.45, 2.75) is 10.8 Å². The summed E-state index contributed by atoms with van der Waals surface area (Å²) >= 11 is 7.15. The van der Waals surface area contributed by atoms with E-state index in [2.05, 4.69) is 4.98 Å². The summed E-state index contributed by atoms with van der Waals surface area (Å²) in [6, 6.07) is 13.3. The third-order valence-corrected chi connectivity index (χ3v) is 4.46. The second-order valence-corrected chi connectivity index (χ2v) is 6.20. The van der Waals surface area contributed by atoms with Crippen LogP contribution in [0.25, 0.3) is 5.69 Å². The molecule has 1 heterocycles. The zero-order valence-corrected chi connectivity index (χ0v) is 13.5. The van der Waals surface area contributed by atoms with E-state index in [0.717, 1.165) is 11.3 Å². The number of hydrogen-bond donors (Lipinski definition) is 0. The van der Waals surface area contributed by atoms with Crippen LogP contribution in [0, 0.1) is 5.82 Å². The fourth-order valence-corrected chi connectivity index (χ4v) is 3.04. The molecule has 6 heteroatoms. The highest BCUT2D eigenvalue weighted by atomic mass is 35.5. The van der Waals surface area contributed by atoms with Crippen LogP contribution in [-0.2, 0) is 5.75 Å². The molecule has 0 fully saturated rings. The van der Waals surface area contributed by atoms with Gasteiger partial charge in [-0.2, -0.15) is 0 Å². The van der Waals surface area contributed by atoms with Crippen LogP contribution in [0.1, 0.15) is 5.56 Å². The van der Waals surface area contributed by atoms with Gasteiger partial charge in [-0.15, -0.1) is 0 Å². The van der Waals surface area contributed by atoms with Gasteiger partial charge in [0.2, 0.25) is 0 Å². The van der Waals surface area contributed by atoms with Gasteiger partial charge < -0.3 is 0 Å². The number of aromatic nitrogens is 2. The van der Waals surface area contributed by atoms with Crippen molar-refractivity contribution in [2.24, 2.45) is 0 Å². The first-order chi connectivity index (χ1) is 11.1. The minimum Gasteiger partial charge on any atom is -0.280 e. The molecule has 3 nitrogen and oxygen atoms in total. The highest BCUT2D eigenvalue weighted by molar-refractivity contribution is 7.98. The predicted molar refractivity (Wildman–Crippen MR) is 90.8 cm³/mol. The van der Waals surface area contributed by atoms with E-state index >= 15 is 0 Å². The van der Waals surface area contributed by atoms with Crippen LogP contribution in [0.5, 0.6) is 0 Å². The summed E-state index contributed by atoms with van der Waals surface area (Å²) < 4.78 is 14.7. The quantitative estimate of drug-likeness (QED) is 0.660. The Bertz CT molecular complexity index is 880. The number of nitrogens with zero attached hydrogens (tertiary/aromatic N) is 2. The average molecular weight is 347 g/mol. The summed E-state index contributed by atoms with van der Waals surface area (Å²) in [5.74, 6) is 0.188. The lowest BCUT2D eigenvalue weighted by Crippen LogP contribution is -2.20. The van der Waals surface area contributed by atoms with E-state index in [0.29, 0.717) is 15.8 Å². The van der Waals surface area contributed by atoms with Crippen LogP contribution < -0.4 is 5.56 Å². The van der Waals surface area contributed by atoms with Gasteiger partial charge in [0.25, 0.3) is 5.56 Å². The van der Waals surface area contributed by atoms with E-state index in [4.69, 9.17) is 11.6 Å². The number of benzene rings is 2. The Morgan fingerprint density at radius 3 is 2.70 bits per heavy atom. The monoisotopic (exact) mass is 346 g/mol. The molecule has 0 aliphatic heterocycles. The van der Waals surface area contributed by atoms with Crippen LogP contribution in [0.15, 0.2) is 70.7 Å². The molecular formula is C17H12ClFN2OS. The summed E-state index contributed by atoms with van der Waals surface area (Å²) in [4.78, 5) is 16.6. The minimum atomic E-state index is -0.289. The zero-order chi connectivity index (χ0) is 16.2. The summed E-state index contributed by atoms with van der Waals surface area (Å²) in [6.07, 6.45) is 3.18. The minimum absolute atomic E-state index is 0.212. The lowest BCUT2D eigenvalue weighted by molar-refractivity contribution is 0.626. The number of rotatable bonds is 4. The molecule has 3 aromatic rings. The van der Waals surface area contributed by atoms with Crippen molar-refractivity contribution in [2.75, 3.05) is 0 Å². The molecule has 3 rings (SSSR count). The Morgan fingerprint density at radius 2 is 1.96 bits per heavy atom. The van der Waals surface area contributed by atoms with Crippen molar-refractivity contribution in [3.63, 3.8) is 0 Å². The molecular weight excluding hydrogens is 335 g/mol. The van der Waals surface area contributed by atoms with E-state index < -0.39 is 0 Å². The second-order valence-electron chi connectivity index (χ2n) is 4.80. The van der Waals surface area contributed by atoms with E-state index in [1.807, 2.05) is 6.07 Å². The molecule has 0 unspecified atom stereocenters. The molecule has 23 heavy (non-hydrogen) atoms. The van der Waals surface area contributed by atoms with E-state index in [1.54, 1.807) is 42.7 Å². The molecule has 0 N–H and O–H groups in total.